The van der Waals surface area contributed by atoms with Crippen LogP contribution in [-0.2, 0) is 9.53 Å². The number of amides is 1. The lowest BCUT2D eigenvalue weighted by molar-refractivity contribution is -0.139. The number of nitrogens with one attached hydrogen (secondary N) is 1. The van der Waals surface area contributed by atoms with Crippen LogP contribution in [0.25, 0.3) is 0 Å². The van der Waals surface area contributed by atoms with Crippen LogP contribution in [-0.4, -0.2) is 51.0 Å². The number of methoxy groups -OCH3 is 3. The van der Waals surface area contributed by atoms with Crippen LogP contribution in [0.2, 0.25) is 0 Å². The molecule has 0 fully saturated rings. The van der Waals surface area contributed by atoms with E-state index < -0.39 is 17.9 Å². The van der Waals surface area contributed by atoms with Crippen LogP contribution in [0, 0.1) is 0 Å². The highest BCUT2D eigenvalue weighted by atomic mass is 16.5. The van der Waals surface area contributed by atoms with E-state index in [9.17, 15) is 9.59 Å². The van der Waals surface area contributed by atoms with E-state index in [1.54, 1.807) is 12.1 Å². The maximum Gasteiger partial charge on any atom is 0.326 e. The SMILES string of the molecule is COCCC(NC(=O)c1cc(OC)ccc1OC)C(=O)O. The third kappa shape index (κ3) is 4.64. The van der Waals surface area contributed by atoms with Gasteiger partial charge in [-0.15, -0.1) is 0 Å². The summed E-state index contributed by atoms with van der Waals surface area (Å²) in [5, 5.41) is 11.5. The molecule has 0 aliphatic carbocycles. The summed E-state index contributed by atoms with van der Waals surface area (Å²) in [4.78, 5) is 23.3. The first-order valence-corrected chi connectivity index (χ1v) is 6.28. The normalized spacial score (nSPS) is 11.6. The number of carboxylic acid groups (broad SMARTS) is 1. The van der Waals surface area contributed by atoms with E-state index in [0.29, 0.717) is 11.5 Å². The Hall–Kier alpha value is -2.28. The molecule has 0 spiro atoms. The maximum absolute atomic E-state index is 12.2. The second kappa shape index (κ2) is 8.11. The van der Waals surface area contributed by atoms with E-state index >= 15 is 0 Å². The van der Waals surface area contributed by atoms with Crippen molar-refractivity contribution in [3.63, 3.8) is 0 Å². The Morgan fingerprint density at radius 2 is 1.95 bits per heavy atom. The van der Waals surface area contributed by atoms with Gasteiger partial charge in [0.2, 0.25) is 0 Å². The van der Waals surface area contributed by atoms with E-state index in [-0.39, 0.29) is 18.6 Å². The van der Waals surface area contributed by atoms with Crippen LogP contribution >= 0.6 is 0 Å². The van der Waals surface area contributed by atoms with Gasteiger partial charge in [0.15, 0.2) is 0 Å². The van der Waals surface area contributed by atoms with Crippen molar-refractivity contribution in [2.45, 2.75) is 12.5 Å². The second-order valence-electron chi connectivity index (χ2n) is 4.21. The molecule has 0 aliphatic rings. The maximum atomic E-state index is 12.2. The van der Waals surface area contributed by atoms with E-state index in [2.05, 4.69) is 5.32 Å². The topological polar surface area (TPSA) is 94.1 Å². The van der Waals surface area contributed by atoms with E-state index in [0.717, 1.165) is 0 Å². The zero-order chi connectivity index (χ0) is 15.8. The predicted octanol–water partition coefficient (Wildman–Crippen LogP) is 0.923. The minimum Gasteiger partial charge on any atom is -0.497 e. The summed E-state index contributed by atoms with van der Waals surface area (Å²) < 4.78 is 15.0. The molecule has 1 aromatic carbocycles. The van der Waals surface area contributed by atoms with Crippen molar-refractivity contribution in [3.05, 3.63) is 23.8 Å². The highest BCUT2D eigenvalue weighted by molar-refractivity contribution is 5.99. The molecule has 1 unspecified atom stereocenters. The Morgan fingerprint density at radius 3 is 2.48 bits per heavy atom. The van der Waals surface area contributed by atoms with E-state index in [1.165, 1.54) is 27.4 Å². The lowest BCUT2D eigenvalue weighted by Gasteiger charge is -2.16. The molecule has 0 bridgehead atoms. The fraction of sp³-hybridized carbons (Fsp3) is 0.429. The monoisotopic (exact) mass is 297 g/mol. The summed E-state index contributed by atoms with van der Waals surface area (Å²) >= 11 is 0. The first-order valence-electron chi connectivity index (χ1n) is 6.28. The molecule has 0 saturated heterocycles. The van der Waals surface area contributed by atoms with Crippen LogP contribution in [0.5, 0.6) is 11.5 Å². The third-order valence-electron chi connectivity index (χ3n) is 2.87. The Labute approximate surface area is 122 Å². The van der Waals surface area contributed by atoms with Gasteiger partial charge in [0.05, 0.1) is 19.8 Å². The van der Waals surface area contributed by atoms with E-state index in [4.69, 9.17) is 19.3 Å². The molecule has 1 rings (SSSR count). The molecule has 1 aromatic rings. The first-order chi connectivity index (χ1) is 10.0. The highest BCUT2D eigenvalue weighted by Crippen LogP contribution is 2.23. The van der Waals surface area contributed by atoms with Crippen molar-refractivity contribution >= 4 is 11.9 Å². The number of benzene rings is 1. The van der Waals surface area contributed by atoms with Gasteiger partial charge >= 0.3 is 5.97 Å². The standard InChI is InChI=1S/C14H19NO6/c1-19-7-6-11(14(17)18)15-13(16)10-8-9(20-2)4-5-12(10)21-3/h4-5,8,11H,6-7H2,1-3H3,(H,15,16)(H,17,18). The highest BCUT2D eigenvalue weighted by Gasteiger charge is 2.22. The fourth-order valence-corrected chi connectivity index (χ4v) is 1.72. The quantitative estimate of drug-likeness (QED) is 0.741. The zero-order valence-electron chi connectivity index (χ0n) is 12.2. The molecule has 1 amide bonds. The molecular formula is C14H19NO6. The van der Waals surface area contributed by atoms with Gasteiger partial charge in [0, 0.05) is 20.1 Å². The number of ether oxygens (including phenoxy) is 3. The van der Waals surface area contributed by atoms with E-state index in [1.807, 2.05) is 0 Å². The molecule has 2 N–H and O–H groups in total. The fourth-order valence-electron chi connectivity index (χ4n) is 1.72. The summed E-state index contributed by atoms with van der Waals surface area (Å²) in [5.41, 5.74) is 0.209. The Kier molecular flexibility index (Phi) is 6.48. The summed E-state index contributed by atoms with van der Waals surface area (Å²) in [6.07, 6.45) is 0.170. The van der Waals surface area contributed by atoms with Crippen LogP contribution in [0.1, 0.15) is 16.8 Å². The van der Waals surface area contributed by atoms with Gasteiger partial charge in [-0.1, -0.05) is 0 Å². The third-order valence-corrected chi connectivity index (χ3v) is 2.87. The second-order valence-corrected chi connectivity index (χ2v) is 4.21. The van der Waals surface area contributed by atoms with Gasteiger partial charge in [-0.05, 0) is 18.2 Å². The van der Waals surface area contributed by atoms with Gasteiger partial charge in [0.1, 0.15) is 17.5 Å². The van der Waals surface area contributed by atoms with Gasteiger partial charge < -0.3 is 24.6 Å². The minimum absolute atomic E-state index is 0.170. The van der Waals surface area contributed by atoms with Crippen molar-refractivity contribution in [1.82, 2.24) is 5.32 Å². The van der Waals surface area contributed by atoms with Crippen molar-refractivity contribution in [1.29, 1.82) is 0 Å². The Bertz CT molecular complexity index is 502. The molecule has 7 nitrogen and oxygen atoms in total. The molecule has 0 saturated carbocycles. The number of hydrogen-bond donors (Lipinski definition) is 2. The van der Waals surface area contributed by atoms with Crippen LogP contribution in [0.3, 0.4) is 0 Å². The number of carbonyl (C=O) groups is 2. The number of carboxylic acids is 1. The zero-order valence-corrected chi connectivity index (χ0v) is 12.2. The molecule has 0 heterocycles. The average molecular weight is 297 g/mol. The summed E-state index contributed by atoms with van der Waals surface area (Å²) in [6, 6.07) is 3.69. The summed E-state index contributed by atoms with van der Waals surface area (Å²) in [6.45, 7) is 0.229. The number of hydrogen-bond acceptors (Lipinski definition) is 5. The number of rotatable bonds is 8. The largest absolute Gasteiger partial charge is 0.497 e. The Balaban J connectivity index is 2.93. The van der Waals surface area contributed by atoms with Gasteiger partial charge in [-0.2, -0.15) is 0 Å². The van der Waals surface area contributed by atoms with Crippen LogP contribution in [0.4, 0.5) is 0 Å². The lowest BCUT2D eigenvalue weighted by atomic mass is 10.1. The van der Waals surface area contributed by atoms with Crippen molar-refractivity contribution < 1.29 is 28.9 Å². The molecule has 7 heteroatoms. The van der Waals surface area contributed by atoms with Gasteiger partial charge in [-0.3, -0.25) is 4.79 Å². The molecule has 0 aromatic heterocycles. The molecule has 0 radical (unpaired) electrons. The number of aliphatic carboxylic acids is 1. The van der Waals surface area contributed by atoms with Crippen LogP contribution < -0.4 is 14.8 Å². The van der Waals surface area contributed by atoms with Crippen LogP contribution in [0.15, 0.2) is 18.2 Å². The number of carbonyl (C=O) groups excluding carboxylic acids is 1. The van der Waals surface area contributed by atoms with Gasteiger partial charge in [0.25, 0.3) is 5.91 Å². The van der Waals surface area contributed by atoms with Crippen molar-refractivity contribution in [3.8, 4) is 11.5 Å². The first kappa shape index (κ1) is 16.8. The van der Waals surface area contributed by atoms with Crippen molar-refractivity contribution in [2.24, 2.45) is 0 Å². The Morgan fingerprint density at radius 1 is 1.24 bits per heavy atom. The molecule has 0 aliphatic heterocycles. The van der Waals surface area contributed by atoms with Gasteiger partial charge in [-0.25, -0.2) is 4.79 Å². The molecular weight excluding hydrogens is 278 g/mol. The van der Waals surface area contributed by atoms with Crippen molar-refractivity contribution in [2.75, 3.05) is 27.9 Å². The summed E-state index contributed by atoms with van der Waals surface area (Å²) in [5.74, 6) is -0.856. The lowest BCUT2D eigenvalue weighted by Crippen LogP contribution is -2.41. The minimum atomic E-state index is -1.12. The average Bonchev–Trinajstić information content (AvgIpc) is 2.50. The molecule has 116 valence electrons. The molecule has 1 atom stereocenters. The summed E-state index contributed by atoms with van der Waals surface area (Å²) in [7, 11) is 4.37. The molecule has 21 heavy (non-hydrogen) atoms. The smallest absolute Gasteiger partial charge is 0.326 e. The predicted molar refractivity (Wildman–Crippen MR) is 74.9 cm³/mol.